The van der Waals surface area contributed by atoms with Crippen LogP contribution in [0.5, 0.6) is 11.5 Å². The molecule has 1 saturated heterocycles. The molecule has 0 spiro atoms. The SMILES string of the molecule is CC1(c2ccc3c(c2)OCCCO3)CC(=O)OC(=O)C1. The zero-order valence-corrected chi connectivity index (χ0v) is 11.3. The van der Waals surface area contributed by atoms with Crippen LogP contribution < -0.4 is 9.47 Å². The van der Waals surface area contributed by atoms with Gasteiger partial charge in [0.15, 0.2) is 11.5 Å². The third kappa shape index (κ3) is 2.35. The first-order chi connectivity index (χ1) is 9.57. The smallest absolute Gasteiger partial charge is 0.314 e. The number of fused-ring (bicyclic) bond motifs is 1. The number of cyclic esters (lactones) is 2. The molecule has 0 N–H and O–H groups in total. The number of hydrogen-bond donors (Lipinski definition) is 0. The van der Waals surface area contributed by atoms with E-state index in [0.717, 1.165) is 12.0 Å². The van der Waals surface area contributed by atoms with Crippen molar-refractivity contribution in [3.63, 3.8) is 0 Å². The molecule has 3 rings (SSSR count). The van der Waals surface area contributed by atoms with Gasteiger partial charge in [0.05, 0.1) is 26.1 Å². The lowest BCUT2D eigenvalue weighted by Crippen LogP contribution is -2.36. The number of rotatable bonds is 1. The van der Waals surface area contributed by atoms with Crippen molar-refractivity contribution in [1.29, 1.82) is 0 Å². The summed E-state index contributed by atoms with van der Waals surface area (Å²) in [6.07, 6.45) is 1.23. The average molecular weight is 276 g/mol. The van der Waals surface area contributed by atoms with Gasteiger partial charge in [-0.3, -0.25) is 9.59 Å². The van der Waals surface area contributed by atoms with Gasteiger partial charge in [-0.15, -0.1) is 0 Å². The summed E-state index contributed by atoms with van der Waals surface area (Å²) in [7, 11) is 0. The van der Waals surface area contributed by atoms with Gasteiger partial charge in [-0.05, 0) is 17.7 Å². The molecule has 0 aliphatic carbocycles. The monoisotopic (exact) mass is 276 g/mol. The van der Waals surface area contributed by atoms with Gasteiger partial charge < -0.3 is 14.2 Å². The van der Waals surface area contributed by atoms with Crippen LogP contribution in [-0.2, 0) is 19.7 Å². The lowest BCUT2D eigenvalue weighted by Gasteiger charge is -2.31. The summed E-state index contributed by atoms with van der Waals surface area (Å²) in [5.41, 5.74) is 0.351. The highest BCUT2D eigenvalue weighted by Crippen LogP contribution is 2.40. The summed E-state index contributed by atoms with van der Waals surface area (Å²) >= 11 is 0. The largest absolute Gasteiger partial charge is 0.490 e. The van der Waals surface area contributed by atoms with E-state index in [-0.39, 0.29) is 12.8 Å². The molecule has 106 valence electrons. The number of carbonyl (C=O) groups is 2. The molecule has 0 bridgehead atoms. The molecule has 0 amide bonds. The van der Waals surface area contributed by atoms with E-state index in [1.165, 1.54) is 0 Å². The maximum absolute atomic E-state index is 11.5. The first-order valence-electron chi connectivity index (χ1n) is 6.70. The van der Waals surface area contributed by atoms with Crippen molar-refractivity contribution in [3.05, 3.63) is 23.8 Å². The standard InChI is InChI=1S/C15H16O5/c1-15(8-13(16)20-14(17)9-15)10-3-4-11-12(7-10)19-6-2-5-18-11/h3-4,7H,2,5-6,8-9H2,1H3. The summed E-state index contributed by atoms with van der Waals surface area (Å²) in [5.74, 6) is 0.430. The van der Waals surface area contributed by atoms with E-state index in [1.54, 1.807) is 0 Å². The number of benzene rings is 1. The zero-order valence-electron chi connectivity index (χ0n) is 11.3. The fourth-order valence-electron chi connectivity index (χ4n) is 2.64. The Bertz CT molecular complexity index is 547. The number of carbonyl (C=O) groups excluding carboxylic acids is 2. The van der Waals surface area contributed by atoms with Crippen LogP contribution in [0.4, 0.5) is 0 Å². The second-order valence-corrected chi connectivity index (χ2v) is 5.47. The minimum atomic E-state index is -0.545. The van der Waals surface area contributed by atoms with Crippen LogP contribution >= 0.6 is 0 Å². The molecule has 1 fully saturated rings. The Morgan fingerprint density at radius 3 is 2.35 bits per heavy atom. The molecule has 2 heterocycles. The average Bonchev–Trinajstić information content (AvgIpc) is 2.61. The van der Waals surface area contributed by atoms with Gasteiger partial charge in [-0.1, -0.05) is 13.0 Å². The number of hydrogen-bond acceptors (Lipinski definition) is 5. The van der Waals surface area contributed by atoms with Crippen molar-refractivity contribution >= 4 is 11.9 Å². The summed E-state index contributed by atoms with van der Waals surface area (Å²) in [5, 5.41) is 0. The van der Waals surface area contributed by atoms with Crippen LogP contribution in [0.1, 0.15) is 31.7 Å². The Balaban J connectivity index is 1.95. The van der Waals surface area contributed by atoms with Crippen LogP contribution in [-0.4, -0.2) is 25.2 Å². The fourth-order valence-corrected chi connectivity index (χ4v) is 2.64. The molecule has 20 heavy (non-hydrogen) atoms. The molecule has 0 atom stereocenters. The van der Waals surface area contributed by atoms with Gasteiger partial charge in [0.25, 0.3) is 0 Å². The molecular weight excluding hydrogens is 260 g/mol. The predicted molar refractivity (Wildman–Crippen MR) is 69.7 cm³/mol. The molecule has 5 nitrogen and oxygen atoms in total. The van der Waals surface area contributed by atoms with Gasteiger partial charge in [-0.2, -0.15) is 0 Å². The highest BCUT2D eigenvalue weighted by Gasteiger charge is 2.39. The molecule has 0 unspecified atom stereocenters. The maximum Gasteiger partial charge on any atom is 0.314 e. The molecule has 0 aromatic heterocycles. The topological polar surface area (TPSA) is 61.8 Å². The molecule has 0 saturated carbocycles. The summed E-state index contributed by atoms with van der Waals surface area (Å²) in [4.78, 5) is 23.0. The predicted octanol–water partition coefficient (Wildman–Crippen LogP) is 1.97. The summed E-state index contributed by atoms with van der Waals surface area (Å²) in [6.45, 7) is 3.13. The van der Waals surface area contributed by atoms with E-state index in [0.29, 0.717) is 24.7 Å². The van der Waals surface area contributed by atoms with Gasteiger partial charge in [0, 0.05) is 11.8 Å². The minimum Gasteiger partial charge on any atom is -0.490 e. The van der Waals surface area contributed by atoms with Gasteiger partial charge in [0.1, 0.15) is 0 Å². The van der Waals surface area contributed by atoms with Gasteiger partial charge in [-0.25, -0.2) is 0 Å². The Kier molecular flexibility index (Phi) is 3.12. The van der Waals surface area contributed by atoms with E-state index >= 15 is 0 Å². The Hall–Kier alpha value is -2.04. The normalized spacial score (nSPS) is 21.1. The van der Waals surface area contributed by atoms with Crippen molar-refractivity contribution in [2.75, 3.05) is 13.2 Å². The maximum atomic E-state index is 11.5. The third-order valence-electron chi connectivity index (χ3n) is 3.74. The molecule has 1 aromatic carbocycles. The highest BCUT2D eigenvalue weighted by atomic mass is 16.6. The van der Waals surface area contributed by atoms with Crippen LogP contribution in [0.25, 0.3) is 0 Å². The van der Waals surface area contributed by atoms with Crippen molar-refractivity contribution in [2.24, 2.45) is 0 Å². The molecule has 2 aliphatic rings. The highest BCUT2D eigenvalue weighted by molar-refractivity contribution is 5.90. The van der Waals surface area contributed by atoms with E-state index < -0.39 is 17.4 Å². The zero-order chi connectivity index (χ0) is 14.2. The summed E-state index contributed by atoms with van der Waals surface area (Å²) in [6, 6.07) is 5.59. The van der Waals surface area contributed by atoms with E-state index in [9.17, 15) is 9.59 Å². The Labute approximate surface area is 116 Å². The molecule has 1 aromatic rings. The van der Waals surface area contributed by atoms with Crippen molar-refractivity contribution in [2.45, 2.75) is 31.6 Å². The lowest BCUT2D eigenvalue weighted by molar-refractivity contribution is -0.166. The quantitative estimate of drug-likeness (QED) is 0.579. The molecule has 2 aliphatic heterocycles. The Morgan fingerprint density at radius 2 is 1.65 bits per heavy atom. The van der Waals surface area contributed by atoms with Crippen LogP contribution in [0.15, 0.2) is 18.2 Å². The first kappa shape index (κ1) is 13.0. The summed E-state index contributed by atoms with van der Waals surface area (Å²) < 4.78 is 15.8. The number of ether oxygens (including phenoxy) is 3. The van der Waals surface area contributed by atoms with E-state index in [1.807, 2.05) is 25.1 Å². The molecular formula is C15H16O5. The van der Waals surface area contributed by atoms with Crippen molar-refractivity contribution < 1.29 is 23.8 Å². The molecule has 5 heteroatoms. The van der Waals surface area contributed by atoms with Crippen molar-refractivity contribution in [3.8, 4) is 11.5 Å². The van der Waals surface area contributed by atoms with Crippen LogP contribution in [0.3, 0.4) is 0 Å². The van der Waals surface area contributed by atoms with Crippen LogP contribution in [0, 0.1) is 0 Å². The van der Waals surface area contributed by atoms with Gasteiger partial charge in [0.2, 0.25) is 0 Å². The van der Waals surface area contributed by atoms with E-state index in [4.69, 9.17) is 9.47 Å². The van der Waals surface area contributed by atoms with E-state index in [2.05, 4.69) is 4.74 Å². The number of esters is 2. The fraction of sp³-hybridized carbons (Fsp3) is 0.467. The molecule has 0 radical (unpaired) electrons. The Morgan fingerprint density at radius 1 is 1.00 bits per heavy atom. The second-order valence-electron chi connectivity index (χ2n) is 5.47. The minimum absolute atomic E-state index is 0.193. The van der Waals surface area contributed by atoms with Gasteiger partial charge >= 0.3 is 11.9 Å². The second kappa shape index (κ2) is 4.81. The van der Waals surface area contributed by atoms with Crippen molar-refractivity contribution in [1.82, 2.24) is 0 Å². The third-order valence-corrected chi connectivity index (χ3v) is 3.74. The first-order valence-corrected chi connectivity index (χ1v) is 6.70. The lowest BCUT2D eigenvalue weighted by atomic mass is 9.75. The van der Waals surface area contributed by atoms with Crippen LogP contribution in [0.2, 0.25) is 0 Å².